The Morgan fingerprint density at radius 2 is 1.20 bits per heavy atom. The Morgan fingerprint density at radius 1 is 0.717 bits per heavy atom. The van der Waals surface area contributed by atoms with Crippen LogP contribution in [-0.4, -0.2) is 55.6 Å². The number of rotatable bonds is 7. The van der Waals surface area contributed by atoms with Crippen LogP contribution in [0, 0.1) is 13.8 Å². The molecule has 1 atom stereocenters. The van der Waals surface area contributed by atoms with Crippen LogP contribution < -0.4 is 21.9 Å². The molecule has 1 aromatic heterocycles. The van der Waals surface area contributed by atoms with E-state index in [9.17, 15) is 9.59 Å². The van der Waals surface area contributed by atoms with Crippen LogP contribution in [0.4, 0.5) is 5.69 Å². The maximum absolute atomic E-state index is 12.2. The van der Waals surface area contributed by atoms with E-state index in [1.165, 1.54) is 11.1 Å². The number of carbonyl (C=O) groups is 2. The van der Waals surface area contributed by atoms with Gasteiger partial charge in [0.15, 0.2) is 5.78 Å². The maximum atomic E-state index is 12.2. The van der Waals surface area contributed by atoms with Crippen molar-refractivity contribution in [1.29, 1.82) is 0 Å². The van der Waals surface area contributed by atoms with Crippen molar-refractivity contribution in [2.45, 2.75) is 13.8 Å². The molecule has 1 aliphatic heterocycles. The molecular weight excluding hydrogens is 844 g/mol. The van der Waals surface area contributed by atoms with E-state index in [4.69, 9.17) is 0 Å². The van der Waals surface area contributed by atoms with Crippen LogP contribution in [0.3, 0.4) is 0 Å². The molecule has 12 heteroatoms. The molecule has 0 saturated heterocycles. The highest BCUT2D eigenvalue weighted by Crippen LogP contribution is 2.12. The lowest BCUT2D eigenvalue weighted by molar-refractivity contribution is -0.634. The van der Waals surface area contributed by atoms with Crippen LogP contribution in [0.1, 0.15) is 31.8 Å². The van der Waals surface area contributed by atoms with Gasteiger partial charge in [0.05, 0.1) is 10.4 Å². The predicted molar refractivity (Wildman–Crippen MR) is 188 cm³/mol. The lowest BCUT2D eigenvalue weighted by atomic mass is 10.1. The Balaban J connectivity index is 0.000000204. The molecule has 0 fully saturated rings. The van der Waals surface area contributed by atoms with Crippen LogP contribution in [0.5, 0.6) is 0 Å². The quantitative estimate of drug-likeness (QED) is 0.154. The van der Waals surface area contributed by atoms with Gasteiger partial charge in [-0.2, -0.15) is 4.90 Å². The summed E-state index contributed by atoms with van der Waals surface area (Å²) < 4.78 is 5.51. The number of quaternary nitrogens is 1. The lowest BCUT2D eigenvalue weighted by Gasteiger charge is -2.00. The SMILES string of the molecule is Cc1ccc(-n2cnnc2)cc1.Cc1ccc([NH+]2C=N[N+](CC(=O)c3ccc(Br)cc3)=C2)cc1.O=C(CBr)c1ccc(Br)cc1.[Br-]. The number of nitrogens with zero attached hydrogens (tertiary/aromatic N) is 5. The third-order valence-electron chi connectivity index (χ3n) is 6.53. The number of carbonyl (C=O) groups excluding carboxylic acids is 2. The second-order valence-electron chi connectivity index (χ2n) is 9.99. The highest BCUT2D eigenvalue weighted by molar-refractivity contribution is 9.10. The number of hydrogen-bond donors (Lipinski definition) is 1. The minimum atomic E-state index is 0. The van der Waals surface area contributed by atoms with Gasteiger partial charge in [0.25, 0.3) is 6.34 Å². The molecule has 0 bridgehead atoms. The summed E-state index contributed by atoms with van der Waals surface area (Å²) in [5, 5.41) is 12.1. The minimum absolute atomic E-state index is 0. The zero-order chi connectivity index (χ0) is 32.2. The van der Waals surface area contributed by atoms with Crippen LogP contribution in [0.2, 0.25) is 0 Å². The Bertz CT molecular complexity index is 1760. The molecule has 1 N–H and O–H groups in total. The van der Waals surface area contributed by atoms with Crippen molar-refractivity contribution in [2.24, 2.45) is 5.10 Å². The van der Waals surface area contributed by atoms with E-state index in [0.29, 0.717) is 10.9 Å². The number of halogens is 4. The van der Waals surface area contributed by atoms with Gasteiger partial charge in [-0.15, -0.1) is 10.2 Å². The van der Waals surface area contributed by atoms with Crippen molar-refractivity contribution in [1.82, 2.24) is 14.8 Å². The van der Waals surface area contributed by atoms with E-state index in [0.717, 1.165) is 30.8 Å². The lowest BCUT2D eigenvalue weighted by Crippen LogP contribution is -3.04. The highest BCUT2D eigenvalue weighted by atomic mass is 79.9. The fraction of sp³-hybridized carbons (Fsp3) is 0.118. The van der Waals surface area contributed by atoms with E-state index < -0.39 is 0 Å². The molecule has 5 aromatic rings. The van der Waals surface area contributed by atoms with Crippen molar-refractivity contribution < 1.29 is 36.2 Å². The first-order valence-electron chi connectivity index (χ1n) is 13.9. The van der Waals surface area contributed by atoms with Crippen molar-refractivity contribution in [3.05, 3.63) is 141 Å². The van der Waals surface area contributed by atoms with Gasteiger partial charge in [-0.05, 0) is 54.9 Å². The average Bonchev–Trinajstić information content (AvgIpc) is 3.76. The van der Waals surface area contributed by atoms with Gasteiger partial charge in [-0.3, -0.25) is 14.2 Å². The summed E-state index contributed by atoms with van der Waals surface area (Å²) >= 11 is 9.77. The molecule has 2 heterocycles. The molecule has 46 heavy (non-hydrogen) atoms. The average molecular weight is 875 g/mol. The smallest absolute Gasteiger partial charge is 0.367 e. The molecule has 6 rings (SSSR count). The zero-order valence-electron chi connectivity index (χ0n) is 25.0. The second-order valence-corrected chi connectivity index (χ2v) is 12.4. The Labute approximate surface area is 304 Å². The first-order valence-corrected chi connectivity index (χ1v) is 16.6. The number of nitrogens with one attached hydrogen (secondary N) is 1. The summed E-state index contributed by atoms with van der Waals surface area (Å²) in [6.45, 7) is 4.37. The van der Waals surface area contributed by atoms with Crippen LogP contribution in [0.15, 0.2) is 124 Å². The number of aryl methyl sites for hydroxylation is 2. The number of benzene rings is 4. The first-order chi connectivity index (χ1) is 21.7. The molecule has 1 unspecified atom stereocenters. The van der Waals surface area contributed by atoms with E-state index in [-0.39, 0.29) is 35.1 Å². The predicted octanol–water partition coefficient (Wildman–Crippen LogP) is 3.76. The summed E-state index contributed by atoms with van der Waals surface area (Å²) in [7, 11) is 0. The van der Waals surface area contributed by atoms with Gasteiger partial charge in [0.1, 0.15) is 18.3 Å². The molecule has 0 radical (unpaired) electrons. The summed E-state index contributed by atoms with van der Waals surface area (Å²) in [4.78, 5) is 24.3. The number of hydrogen-bond acceptors (Lipinski definition) is 5. The molecule has 236 valence electrons. The maximum Gasteiger partial charge on any atom is 0.367 e. The third-order valence-corrected chi connectivity index (χ3v) is 8.09. The number of aromatic nitrogens is 3. The molecule has 0 saturated carbocycles. The Morgan fingerprint density at radius 3 is 1.70 bits per heavy atom. The van der Waals surface area contributed by atoms with E-state index in [1.54, 1.807) is 35.8 Å². The summed E-state index contributed by atoms with van der Waals surface area (Å²) in [5.74, 6) is 0.156. The van der Waals surface area contributed by atoms with Gasteiger partial charge >= 0.3 is 6.34 Å². The monoisotopic (exact) mass is 871 g/mol. The van der Waals surface area contributed by atoms with Gasteiger partial charge in [-0.25, -0.2) is 0 Å². The van der Waals surface area contributed by atoms with Gasteiger partial charge in [0, 0.05) is 37.9 Å². The number of ketones is 2. The second kappa shape index (κ2) is 18.7. The standard InChI is InChI=1S/C17H15BrN3O.C9H9N3.C8H6Br2O.BrH/c1-13-2-8-16(9-3-13)20-11-19-21(12-20)10-17(22)14-4-6-15(18)7-5-14;1-8-2-4-9(5-3-8)12-6-10-11-7-12;9-5-8(11)6-1-3-7(10)4-2-6;/h2-9,11-12H,10H2,1H3;2-7H,1H3;1-4H,5H2;1H/q+1;;;. The van der Waals surface area contributed by atoms with Crippen LogP contribution in [-0.2, 0) is 0 Å². The number of Topliss-reactive ketones (excluding diaryl/α,β-unsaturated/α-hetero) is 2. The zero-order valence-corrected chi connectivity index (χ0v) is 31.4. The summed E-state index contributed by atoms with van der Waals surface area (Å²) in [6.07, 6.45) is 7.07. The summed E-state index contributed by atoms with van der Waals surface area (Å²) in [5.41, 5.74) is 6.10. The van der Waals surface area contributed by atoms with Gasteiger partial charge < -0.3 is 17.0 Å². The molecule has 0 spiro atoms. The fourth-order valence-corrected chi connectivity index (χ4v) is 4.84. The van der Waals surface area contributed by atoms with Gasteiger partial charge in [0.2, 0.25) is 12.3 Å². The molecule has 8 nitrogen and oxygen atoms in total. The van der Waals surface area contributed by atoms with Crippen molar-refractivity contribution >= 4 is 77.7 Å². The molecule has 0 amide bonds. The van der Waals surface area contributed by atoms with E-state index in [2.05, 4.69) is 113 Å². The van der Waals surface area contributed by atoms with Crippen molar-refractivity contribution in [2.75, 3.05) is 11.9 Å². The Hall–Kier alpha value is -3.42. The molecule has 1 aliphatic rings. The Kier molecular flexibility index (Phi) is 15.0. The molecule has 4 aromatic carbocycles. The van der Waals surface area contributed by atoms with E-state index >= 15 is 0 Å². The fourth-order valence-electron chi connectivity index (χ4n) is 3.98. The third kappa shape index (κ3) is 11.4. The van der Waals surface area contributed by atoms with Crippen LogP contribution in [0.25, 0.3) is 5.69 Å². The van der Waals surface area contributed by atoms with Crippen molar-refractivity contribution in [3.63, 3.8) is 0 Å². The number of alkyl halides is 1. The van der Waals surface area contributed by atoms with Crippen LogP contribution >= 0.6 is 47.8 Å². The number of hydrazone groups is 1. The normalized spacial score (nSPS) is 12.9. The minimum Gasteiger partial charge on any atom is -1.00 e. The summed E-state index contributed by atoms with van der Waals surface area (Å²) in [6, 6.07) is 31.2. The van der Waals surface area contributed by atoms with Crippen molar-refractivity contribution in [3.8, 4) is 5.69 Å². The largest absolute Gasteiger partial charge is 1.00 e. The topological polar surface area (TPSA) is 84.7 Å². The molecule has 0 aliphatic carbocycles. The van der Waals surface area contributed by atoms with E-state index in [1.807, 2.05) is 59.4 Å². The van der Waals surface area contributed by atoms with Gasteiger partial charge in [-0.1, -0.05) is 107 Å². The first kappa shape index (κ1) is 37.0. The molecular formula is C34H31Br4N6O2+. The highest BCUT2D eigenvalue weighted by Gasteiger charge is 2.25.